The molecule has 0 atom stereocenters. The maximum Gasteiger partial charge on any atom is 1.00 e. The van der Waals surface area contributed by atoms with Gasteiger partial charge in [-0.05, 0) is 12.8 Å². The van der Waals surface area contributed by atoms with Gasteiger partial charge in [0.25, 0.3) is 0 Å². The molecule has 0 unspecified atom stereocenters. The van der Waals surface area contributed by atoms with E-state index in [0.717, 1.165) is 6.42 Å². The standard InChI is InChI=1S/C9H10ClFN2O2.C9H10ClFN2O.2CH4.ClO2.Na/c1-2-3-4-6(11)7(12)5(10)8(13-4)9(14)15;1-2-3-5-8(11)9(12)7(10)6(4-14)13-5;;;2-1-3;/h2-3H2,1H3,(H2,12,13)(H,14,15);4H,2-3H2,1H3,(H2,12,13);2*1H4;;/q;;;;-1;+1. The van der Waals surface area contributed by atoms with Crippen LogP contribution in [-0.4, -0.2) is 27.3 Å². The van der Waals surface area contributed by atoms with Crippen molar-refractivity contribution in [2.24, 2.45) is 0 Å². The van der Waals surface area contributed by atoms with Crippen molar-refractivity contribution >= 4 is 46.8 Å². The maximum atomic E-state index is 13.4. The van der Waals surface area contributed by atoms with Crippen molar-refractivity contribution in [3.63, 3.8) is 0 Å². The molecular weight excluding hydrogens is 544 g/mol. The van der Waals surface area contributed by atoms with Crippen molar-refractivity contribution in [1.29, 1.82) is 0 Å². The average Bonchev–Trinajstić information content (AvgIpc) is 2.75. The second-order valence-corrected chi connectivity index (χ2v) is 6.80. The molecule has 0 spiro atoms. The summed E-state index contributed by atoms with van der Waals surface area (Å²) in [6.45, 7) is 3.71. The van der Waals surface area contributed by atoms with E-state index >= 15 is 0 Å². The molecule has 9 nitrogen and oxygen atoms in total. The summed E-state index contributed by atoms with van der Waals surface area (Å²) in [4.78, 5) is 28.7. The Hall–Kier alpha value is -1.31. The summed E-state index contributed by atoms with van der Waals surface area (Å²) in [7, 11) is 0. The molecule has 0 aliphatic carbocycles. The number of aromatic nitrogens is 2. The Balaban J connectivity index is -0.000000229. The third-order valence-corrected chi connectivity index (χ3v) is 4.46. The van der Waals surface area contributed by atoms with Gasteiger partial charge in [0.2, 0.25) is 0 Å². The Bertz CT molecular complexity index is 960. The molecule has 5 N–H and O–H groups in total. The van der Waals surface area contributed by atoms with Crippen LogP contribution in [-0.2, 0) is 12.8 Å². The van der Waals surface area contributed by atoms with E-state index < -0.39 is 34.6 Å². The van der Waals surface area contributed by atoms with Crippen LogP contribution in [0.15, 0.2) is 0 Å². The number of carbonyl (C=O) groups excluding carboxylic acids is 1. The number of aryl methyl sites for hydroxylation is 2. The molecular formula is C20H28Cl3F2N4NaO5. The van der Waals surface area contributed by atoms with Gasteiger partial charge in [0, 0.05) is 0 Å². The van der Waals surface area contributed by atoms with Gasteiger partial charge in [0.1, 0.15) is 5.69 Å². The van der Waals surface area contributed by atoms with E-state index in [9.17, 15) is 18.4 Å². The monoisotopic (exact) mass is 570 g/mol. The molecule has 2 aromatic rings. The fraction of sp³-hybridized carbons (Fsp3) is 0.400. The van der Waals surface area contributed by atoms with Gasteiger partial charge in [-0.15, -0.1) is 0 Å². The Morgan fingerprint density at radius 1 is 1.00 bits per heavy atom. The van der Waals surface area contributed by atoms with Gasteiger partial charge in [0.15, 0.2) is 23.6 Å². The minimum Gasteiger partial charge on any atom is -0.544 e. The fourth-order valence-electron chi connectivity index (χ4n) is 2.27. The van der Waals surface area contributed by atoms with Crippen molar-refractivity contribution in [2.45, 2.75) is 54.4 Å². The van der Waals surface area contributed by atoms with Crippen LogP contribution in [0.2, 0.25) is 10.0 Å². The van der Waals surface area contributed by atoms with Crippen LogP contribution in [0.3, 0.4) is 0 Å². The fourth-order valence-corrected chi connectivity index (χ4v) is 2.65. The molecule has 0 aliphatic heterocycles. The van der Waals surface area contributed by atoms with Crippen molar-refractivity contribution in [3.05, 3.63) is 44.5 Å². The maximum absolute atomic E-state index is 13.4. The number of carboxylic acids is 1. The van der Waals surface area contributed by atoms with Gasteiger partial charge < -0.3 is 25.9 Å². The number of pyridine rings is 2. The van der Waals surface area contributed by atoms with Crippen LogP contribution < -0.4 is 50.3 Å². The summed E-state index contributed by atoms with van der Waals surface area (Å²) >= 11 is 10.8. The van der Waals surface area contributed by atoms with Crippen LogP contribution in [0.1, 0.15) is 73.9 Å². The number of nitrogens with two attached hydrogens (primary N) is 2. The smallest absolute Gasteiger partial charge is 0.544 e. The van der Waals surface area contributed by atoms with Crippen LogP contribution >= 0.6 is 23.2 Å². The molecule has 194 valence electrons. The first-order chi connectivity index (χ1) is 15.0. The minimum atomic E-state index is -1.32. The van der Waals surface area contributed by atoms with Gasteiger partial charge in [-0.3, -0.25) is 4.79 Å². The van der Waals surface area contributed by atoms with Gasteiger partial charge in [-0.25, -0.2) is 23.5 Å². The Morgan fingerprint density at radius 2 is 1.37 bits per heavy atom. The summed E-state index contributed by atoms with van der Waals surface area (Å²) in [5.74, 6) is -2.67. The van der Waals surface area contributed by atoms with Gasteiger partial charge in [0.05, 0.1) is 44.1 Å². The number of aldehydes is 1. The predicted octanol–water partition coefficient (Wildman–Crippen LogP) is 0.227. The number of hydrogen-bond acceptors (Lipinski definition) is 8. The zero-order valence-corrected chi connectivity index (χ0v) is 22.2. The molecule has 35 heavy (non-hydrogen) atoms. The van der Waals surface area contributed by atoms with E-state index in [0.29, 0.717) is 25.5 Å². The van der Waals surface area contributed by atoms with Crippen molar-refractivity contribution in [1.82, 2.24) is 9.97 Å². The molecule has 0 fully saturated rings. The van der Waals surface area contributed by atoms with Gasteiger partial charge in [-0.2, -0.15) is 0 Å². The SMILES string of the molecule is C.C.CCCc1nc(C(=O)O)c(Cl)c(N)c1F.CCCc1nc(C=O)c(Cl)c(N)c1F.[Na+].[O-][Cl+][O-]. The Kier molecular flexibility index (Phi) is 24.3. The molecule has 0 radical (unpaired) electrons. The first-order valence-corrected chi connectivity index (χ1v) is 10.2. The van der Waals surface area contributed by atoms with Crippen molar-refractivity contribution < 1.29 is 73.7 Å². The van der Waals surface area contributed by atoms with Gasteiger partial charge in [-0.1, -0.05) is 64.7 Å². The number of carbonyl (C=O) groups is 2. The third-order valence-electron chi connectivity index (χ3n) is 3.68. The minimum absolute atomic E-state index is 0. The summed E-state index contributed by atoms with van der Waals surface area (Å²) < 4.78 is 43.3. The summed E-state index contributed by atoms with van der Waals surface area (Å²) in [6, 6.07) is 0. The predicted molar refractivity (Wildman–Crippen MR) is 121 cm³/mol. The molecule has 0 bridgehead atoms. The van der Waals surface area contributed by atoms with Gasteiger partial charge >= 0.3 is 35.5 Å². The van der Waals surface area contributed by atoms with Crippen LogP contribution in [0.25, 0.3) is 0 Å². The summed E-state index contributed by atoms with van der Waals surface area (Å²) in [6.07, 6.45) is 2.60. The zero-order valence-electron chi connectivity index (χ0n) is 17.9. The molecule has 0 aromatic carbocycles. The number of hydrogen-bond donors (Lipinski definition) is 3. The second-order valence-electron chi connectivity index (χ2n) is 5.92. The number of nitrogens with zero attached hydrogens (tertiary/aromatic N) is 2. The largest absolute Gasteiger partial charge is 1.00 e. The number of halogens is 5. The van der Waals surface area contributed by atoms with Crippen LogP contribution in [0.4, 0.5) is 20.2 Å². The van der Waals surface area contributed by atoms with E-state index in [4.69, 9.17) is 49.1 Å². The first kappa shape index (κ1) is 40.8. The molecule has 2 heterocycles. The van der Waals surface area contributed by atoms with Crippen LogP contribution in [0, 0.1) is 23.0 Å². The normalized spacial score (nSPS) is 9.03. The summed E-state index contributed by atoms with van der Waals surface area (Å²) in [5, 5.41) is 8.29. The molecule has 2 aromatic heterocycles. The Morgan fingerprint density at radius 3 is 1.71 bits per heavy atom. The third kappa shape index (κ3) is 12.0. The Labute approximate surface area is 239 Å². The second kappa shape index (κ2) is 20.8. The zero-order chi connectivity index (χ0) is 25.0. The average molecular weight is 572 g/mol. The summed E-state index contributed by atoms with van der Waals surface area (Å²) in [5.41, 5.74) is 9.99. The molecule has 0 saturated carbocycles. The van der Waals surface area contributed by atoms with Crippen molar-refractivity contribution in [3.8, 4) is 0 Å². The van der Waals surface area contributed by atoms with Crippen LogP contribution in [0.5, 0.6) is 0 Å². The van der Waals surface area contributed by atoms with E-state index in [2.05, 4.69) is 9.97 Å². The van der Waals surface area contributed by atoms with E-state index in [-0.39, 0.29) is 82.9 Å². The first-order valence-electron chi connectivity index (χ1n) is 8.86. The van der Waals surface area contributed by atoms with E-state index in [1.165, 1.54) is 0 Å². The molecule has 0 aliphatic rings. The number of anilines is 2. The van der Waals surface area contributed by atoms with Crippen molar-refractivity contribution in [2.75, 3.05) is 11.5 Å². The molecule has 0 saturated heterocycles. The molecule has 2 rings (SSSR count). The van der Waals surface area contributed by atoms with E-state index in [1.807, 2.05) is 13.8 Å². The number of carboxylic acid groups (broad SMARTS) is 1. The molecule has 0 amide bonds. The topological polar surface area (TPSA) is 178 Å². The number of nitrogen functional groups attached to an aromatic ring is 2. The quantitative estimate of drug-likeness (QED) is 0.323. The number of aromatic carboxylic acids is 1. The van der Waals surface area contributed by atoms with E-state index in [1.54, 1.807) is 0 Å². The molecule has 15 heteroatoms. The number of rotatable bonds is 6.